The monoisotopic (exact) mass is 286 g/mol. The summed E-state index contributed by atoms with van der Waals surface area (Å²) in [6, 6.07) is 0.239. The van der Waals surface area contributed by atoms with Gasteiger partial charge in [0, 0.05) is 12.6 Å². The Morgan fingerprint density at radius 2 is 2.21 bits per heavy atom. The molecule has 1 N–H and O–H groups in total. The van der Waals surface area contributed by atoms with Crippen molar-refractivity contribution in [3.63, 3.8) is 0 Å². The van der Waals surface area contributed by atoms with E-state index in [-0.39, 0.29) is 16.6 Å². The smallest absolute Gasteiger partial charge is 0.287 e. The van der Waals surface area contributed by atoms with Gasteiger partial charge in [-0.25, -0.2) is 4.68 Å². The summed E-state index contributed by atoms with van der Waals surface area (Å²) in [5.41, 5.74) is 0.388. The van der Waals surface area contributed by atoms with Crippen LogP contribution in [-0.2, 0) is 6.54 Å². The van der Waals surface area contributed by atoms with E-state index in [1.165, 1.54) is 4.68 Å². The molecular weight excluding hydrogens is 264 g/mol. The summed E-state index contributed by atoms with van der Waals surface area (Å²) in [5, 5.41) is 7.59. The van der Waals surface area contributed by atoms with Crippen LogP contribution in [-0.4, -0.2) is 41.4 Å². The zero-order valence-electron chi connectivity index (χ0n) is 12.1. The molecular formula is C13H23ClN4O. The van der Waals surface area contributed by atoms with Crippen molar-refractivity contribution in [3.05, 3.63) is 21.6 Å². The minimum Gasteiger partial charge on any atom is -0.380 e. The average Bonchev–Trinajstić information content (AvgIpc) is 2.36. The molecule has 1 aromatic rings. The van der Waals surface area contributed by atoms with Crippen LogP contribution in [0.2, 0.25) is 5.02 Å². The van der Waals surface area contributed by atoms with Gasteiger partial charge in [-0.3, -0.25) is 4.79 Å². The molecule has 0 aliphatic rings. The van der Waals surface area contributed by atoms with Gasteiger partial charge < -0.3 is 10.2 Å². The van der Waals surface area contributed by atoms with E-state index in [2.05, 4.69) is 22.2 Å². The number of aromatic nitrogens is 2. The van der Waals surface area contributed by atoms with Gasteiger partial charge in [0.25, 0.3) is 5.56 Å². The van der Waals surface area contributed by atoms with Crippen LogP contribution in [0.25, 0.3) is 0 Å². The highest BCUT2D eigenvalue weighted by Gasteiger charge is 2.11. The van der Waals surface area contributed by atoms with Crippen molar-refractivity contribution in [2.75, 3.05) is 26.0 Å². The van der Waals surface area contributed by atoms with Gasteiger partial charge in [0.1, 0.15) is 5.02 Å². The Balaban J connectivity index is 2.74. The van der Waals surface area contributed by atoms with Crippen LogP contribution in [0.4, 0.5) is 5.69 Å². The number of aryl methyl sites for hydroxylation is 1. The highest BCUT2D eigenvalue weighted by atomic mass is 35.5. The molecule has 1 aromatic heterocycles. The minimum atomic E-state index is -0.228. The van der Waals surface area contributed by atoms with Crippen molar-refractivity contribution in [3.8, 4) is 0 Å². The Bertz CT molecular complexity index is 458. The number of hydrogen-bond donors (Lipinski definition) is 1. The van der Waals surface area contributed by atoms with Gasteiger partial charge in [0.2, 0.25) is 0 Å². The molecule has 6 heteroatoms. The number of halogens is 1. The van der Waals surface area contributed by atoms with Crippen LogP contribution in [0.15, 0.2) is 11.0 Å². The predicted octanol–water partition coefficient (Wildman–Crippen LogP) is 2.06. The first-order valence-electron chi connectivity index (χ1n) is 6.62. The molecule has 0 fully saturated rings. The van der Waals surface area contributed by atoms with E-state index in [1.54, 1.807) is 6.20 Å². The number of hydrogen-bond acceptors (Lipinski definition) is 4. The number of rotatable bonds is 7. The van der Waals surface area contributed by atoms with Crippen molar-refractivity contribution >= 4 is 17.3 Å². The Morgan fingerprint density at radius 3 is 2.79 bits per heavy atom. The molecule has 0 saturated heterocycles. The van der Waals surface area contributed by atoms with Gasteiger partial charge in [-0.1, -0.05) is 18.5 Å². The largest absolute Gasteiger partial charge is 0.380 e. The van der Waals surface area contributed by atoms with E-state index >= 15 is 0 Å². The fraction of sp³-hybridized carbons (Fsp3) is 0.692. The van der Waals surface area contributed by atoms with Gasteiger partial charge in [0.15, 0.2) is 0 Å². The molecule has 0 spiro atoms. The molecule has 1 atom stereocenters. The SMILES string of the molecule is CCCn1ncc(NC(C)CCN(C)C)c(Cl)c1=O. The van der Waals surface area contributed by atoms with E-state index < -0.39 is 0 Å². The van der Waals surface area contributed by atoms with E-state index in [1.807, 2.05) is 21.0 Å². The fourth-order valence-electron chi connectivity index (χ4n) is 1.73. The van der Waals surface area contributed by atoms with Crippen molar-refractivity contribution < 1.29 is 0 Å². The second-order valence-corrected chi connectivity index (χ2v) is 5.42. The fourth-order valence-corrected chi connectivity index (χ4v) is 1.93. The first-order chi connectivity index (χ1) is 8.95. The van der Waals surface area contributed by atoms with E-state index in [0.717, 1.165) is 19.4 Å². The van der Waals surface area contributed by atoms with Crippen LogP contribution in [0, 0.1) is 0 Å². The quantitative estimate of drug-likeness (QED) is 0.834. The van der Waals surface area contributed by atoms with Crippen LogP contribution in [0.5, 0.6) is 0 Å². The molecule has 1 rings (SSSR count). The molecule has 19 heavy (non-hydrogen) atoms. The number of anilines is 1. The van der Waals surface area contributed by atoms with E-state index in [4.69, 9.17) is 11.6 Å². The Morgan fingerprint density at radius 1 is 1.53 bits per heavy atom. The predicted molar refractivity (Wildman–Crippen MR) is 80.1 cm³/mol. The lowest BCUT2D eigenvalue weighted by molar-refractivity contribution is 0.390. The Labute approximate surface area is 119 Å². The third-order valence-corrected chi connectivity index (χ3v) is 3.20. The summed E-state index contributed by atoms with van der Waals surface area (Å²) in [6.45, 7) is 5.63. The van der Waals surface area contributed by atoms with Gasteiger partial charge >= 0.3 is 0 Å². The maximum absolute atomic E-state index is 11.9. The first kappa shape index (κ1) is 16.0. The highest BCUT2D eigenvalue weighted by molar-refractivity contribution is 6.32. The molecule has 0 aromatic carbocycles. The summed E-state index contributed by atoms with van der Waals surface area (Å²) in [7, 11) is 4.07. The molecule has 5 nitrogen and oxygen atoms in total. The molecule has 0 bridgehead atoms. The second kappa shape index (κ2) is 7.50. The van der Waals surface area contributed by atoms with Gasteiger partial charge in [-0.05, 0) is 40.4 Å². The lowest BCUT2D eigenvalue weighted by atomic mass is 10.2. The van der Waals surface area contributed by atoms with Crippen molar-refractivity contribution in [2.24, 2.45) is 0 Å². The van der Waals surface area contributed by atoms with Crippen LogP contribution in [0.1, 0.15) is 26.7 Å². The third-order valence-electron chi connectivity index (χ3n) is 2.83. The average molecular weight is 287 g/mol. The van der Waals surface area contributed by atoms with Gasteiger partial charge in [-0.15, -0.1) is 0 Å². The first-order valence-corrected chi connectivity index (χ1v) is 7.00. The summed E-state index contributed by atoms with van der Waals surface area (Å²) < 4.78 is 1.40. The molecule has 1 heterocycles. The second-order valence-electron chi connectivity index (χ2n) is 5.04. The summed E-state index contributed by atoms with van der Waals surface area (Å²) in [4.78, 5) is 14.1. The van der Waals surface area contributed by atoms with Crippen LogP contribution < -0.4 is 10.9 Å². The lowest BCUT2D eigenvalue weighted by Gasteiger charge is -2.18. The number of nitrogens with one attached hydrogen (secondary N) is 1. The molecule has 0 amide bonds. The molecule has 0 radical (unpaired) electrons. The topological polar surface area (TPSA) is 50.2 Å². The Kier molecular flexibility index (Phi) is 6.31. The normalized spacial score (nSPS) is 12.7. The van der Waals surface area contributed by atoms with Crippen molar-refractivity contribution in [2.45, 2.75) is 39.3 Å². The van der Waals surface area contributed by atoms with Gasteiger partial charge in [0.05, 0.1) is 11.9 Å². The molecule has 1 unspecified atom stereocenters. The maximum atomic E-state index is 11.9. The molecule has 108 valence electrons. The Hall–Kier alpha value is -1.07. The van der Waals surface area contributed by atoms with E-state index in [0.29, 0.717) is 12.2 Å². The molecule has 0 aliphatic carbocycles. The molecule has 0 aliphatic heterocycles. The lowest BCUT2D eigenvalue weighted by Crippen LogP contribution is -2.27. The third kappa shape index (κ3) is 4.84. The zero-order valence-corrected chi connectivity index (χ0v) is 12.9. The zero-order chi connectivity index (χ0) is 14.4. The summed E-state index contributed by atoms with van der Waals surface area (Å²) >= 11 is 6.09. The summed E-state index contributed by atoms with van der Waals surface area (Å²) in [6.07, 6.45) is 3.46. The molecule has 0 saturated carbocycles. The summed E-state index contributed by atoms with van der Waals surface area (Å²) in [5.74, 6) is 0. The van der Waals surface area contributed by atoms with Crippen LogP contribution >= 0.6 is 11.6 Å². The van der Waals surface area contributed by atoms with Gasteiger partial charge in [-0.2, -0.15) is 5.10 Å². The van der Waals surface area contributed by atoms with Crippen LogP contribution in [0.3, 0.4) is 0 Å². The maximum Gasteiger partial charge on any atom is 0.287 e. The van der Waals surface area contributed by atoms with Crippen molar-refractivity contribution in [1.29, 1.82) is 0 Å². The minimum absolute atomic E-state index is 0.222. The highest BCUT2D eigenvalue weighted by Crippen LogP contribution is 2.17. The van der Waals surface area contributed by atoms with E-state index in [9.17, 15) is 4.79 Å². The number of nitrogens with zero attached hydrogens (tertiary/aromatic N) is 3. The van der Waals surface area contributed by atoms with Crippen molar-refractivity contribution in [1.82, 2.24) is 14.7 Å². The standard InChI is InChI=1S/C13H23ClN4O/c1-5-7-18-13(19)12(14)11(9-15-18)16-10(2)6-8-17(3)4/h9-10,16H,5-8H2,1-4H3.